The van der Waals surface area contributed by atoms with E-state index in [1.165, 1.54) is 45.8 Å². The summed E-state index contributed by atoms with van der Waals surface area (Å²) in [6, 6.07) is 12.5. The van der Waals surface area contributed by atoms with Crippen molar-refractivity contribution in [1.29, 1.82) is 0 Å². The molecule has 0 N–H and O–H groups in total. The second kappa shape index (κ2) is 6.31. The summed E-state index contributed by atoms with van der Waals surface area (Å²) in [5, 5.41) is 0.226. The molecule has 2 aromatic carbocycles. The zero-order chi connectivity index (χ0) is 15.7. The molecule has 0 aliphatic heterocycles. The number of carbonyl (C=O) groups excluding carboxylic acids is 2. The standard InChI is InChI=1S/C18H16O2S2/c1-11(19)21-15-5-7-17-13(9-15)3-4-14-10-16(22-12(2)20)6-8-18(14)17/h5-10H,3-4H2,1-2H3. The highest BCUT2D eigenvalue weighted by atomic mass is 32.2. The van der Waals surface area contributed by atoms with Gasteiger partial charge in [-0.25, -0.2) is 0 Å². The minimum Gasteiger partial charge on any atom is -0.287 e. The highest BCUT2D eigenvalue weighted by Gasteiger charge is 2.17. The van der Waals surface area contributed by atoms with Gasteiger partial charge in [0, 0.05) is 23.6 Å². The van der Waals surface area contributed by atoms with Crippen LogP contribution < -0.4 is 0 Å². The van der Waals surface area contributed by atoms with Gasteiger partial charge >= 0.3 is 0 Å². The Labute approximate surface area is 138 Å². The summed E-state index contributed by atoms with van der Waals surface area (Å²) in [5.74, 6) is 0. The first-order valence-corrected chi connectivity index (χ1v) is 8.79. The van der Waals surface area contributed by atoms with Gasteiger partial charge in [-0.15, -0.1) is 0 Å². The van der Waals surface area contributed by atoms with E-state index >= 15 is 0 Å². The zero-order valence-corrected chi connectivity index (χ0v) is 14.1. The Morgan fingerprint density at radius 1 is 0.773 bits per heavy atom. The quantitative estimate of drug-likeness (QED) is 0.746. The van der Waals surface area contributed by atoms with Crippen molar-refractivity contribution in [3.8, 4) is 11.1 Å². The number of benzene rings is 2. The molecule has 0 atom stereocenters. The van der Waals surface area contributed by atoms with Crippen molar-refractivity contribution in [3.05, 3.63) is 47.5 Å². The van der Waals surface area contributed by atoms with Crippen molar-refractivity contribution in [2.75, 3.05) is 0 Å². The Bertz CT molecular complexity index is 700. The lowest BCUT2D eigenvalue weighted by atomic mass is 9.86. The second-order valence-corrected chi connectivity index (χ2v) is 7.83. The molecule has 4 heteroatoms. The van der Waals surface area contributed by atoms with Crippen LogP contribution in [0, 0.1) is 0 Å². The molecule has 0 unspecified atom stereocenters. The molecular formula is C18H16O2S2. The predicted octanol–water partition coefficient (Wildman–Crippen LogP) is 4.73. The van der Waals surface area contributed by atoms with Gasteiger partial charge in [0.25, 0.3) is 0 Å². The summed E-state index contributed by atoms with van der Waals surface area (Å²) in [7, 11) is 0. The molecule has 2 aromatic rings. The van der Waals surface area contributed by atoms with Gasteiger partial charge in [0.15, 0.2) is 10.2 Å². The van der Waals surface area contributed by atoms with E-state index in [1.807, 2.05) is 12.1 Å². The van der Waals surface area contributed by atoms with Gasteiger partial charge in [-0.3, -0.25) is 9.59 Å². The van der Waals surface area contributed by atoms with Crippen molar-refractivity contribution in [2.45, 2.75) is 36.5 Å². The third-order valence-electron chi connectivity index (χ3n) is 3.63. The van der Waals surface area contributed by atoms with Gasteiger partial charge < -0.3 is 0 Å². The number of carbonyl (C=O) groups is 2. The van der Waals surface area contributed by atoms with Crippen LogP contribution in [-0.4, -0.2) is 10.2 Å². The zero-order valence-electron chi connectivity index (χ0n) is 12.5. The van der Waals surface area contributed by atoms with Crippen LogP contribution in [-0.2, 0) is 22.4 Å². The van der Waals surface area contributed by atoms with E-state index in [0.717, 1.165) is 22.6 Å². The first-order chi connectivity index (χ1) is 10.5. The molecule has 0 saturated heterocycles. The molecule has 0 spiro atoms. The number of hydrogen-bond acceptors (Lipinski definition) is 4. The van der Waals surface area contributed by atoms with Gasteiger partial charge in [-0.2, -0.15) is 0 Å². The molecule has 2 nitrogen and oxygen atoms in total. The van der Waals surface area contributed by atoms with Crippen molar-refractivity contribution < 1.29 is 9.59 Å². The molecule has 0 bridgehead atoms. The summed E-state index contributed by atoms with van der Waals surface area (Å²) < 4.78 is 0. The van der Waals surface area contributed by atoms with Crippen LogP contribution in [0.3, 0.4) is 0 Å². The molecule has 0 amide bonds. The first kappa shape index (κ1) is 15.4. The maximum atomic E-state index is 11.2. The Morgan fingerprint density at radius 2 is 1.18 bits per heavy atom. The summed E-state index contributed by atoms with van der Waals surface area (Å²) >= 11 is 2.56. The normalized spacial score (nSPS) is 12.5. The van der Waals surface area contributed by atoms with Crippen LogP contribution in [0.1, 0.15) is 25.0 Å². The largest absolute Gasteiger partial charge is 0.287 e. The van der Waals surface area contributed by atoms with E-state index in [0.29, 0.717) is 0 Å². The third-order valence-corrected chi connectivity index (χ3v) is 5.18. The maximum absolute atomic E-state index is 11.2. The number of aryl methyl sites for hydroxylation is 2. The van der Waals surface area contributed by atoms with Crippen LogP contribution in [0.2, 0.25) is 0 Å². The Hall–Kier alpha value is -1.52. The van der Waals surface area contributed by atoms with E-state index in [2.05, 4.69) is 24.3 Å². The second-order valence-electron chi connectivity index (χ2n) is 5.33. The highest BCUT2D eigenvalue weighted by Crippen LogP contribution is 2.37. The number of rotatable bonds is 2. The fourth-order valence-electron chi connectivity index (χ4n) is 2.81. The van der Waals surface area contributed by atoms with E-state index in [-0.39, 0.29) is 10.2 Å². The molecule has 3 rings (SSSR count). The van der Waals surface area contributed by atoms with Crippen LogP contribution in [0.15, 0.2) is 46.2 Å². The summed E-state index contributed by atoms with van der Waals surface area (Å²) in [5.41, 5.74) is 5.08. The number of thioether (sulfide) groups is 2. The SMILES string of the molecule is CC(=O)Sc1ccc2c(c1)CCc1cc(SC(C)=O)ccc1-2. The van der Waals surface area contributed by atoms with Crippen molar-refractivity contribution in [2.24, 2.45) is 0 Å². The van der Waals surface area contributed by atoms with E-state index < -0.39 is 0 Å². The lowest BCUT2D eigenvalue weighted by molar-refractivity contribution is -0.109. The van der Waals surface area contributed by atoms with E-state index in [1.54, 1.807) is 13.8 Å². The Morgan fingerprint density at radius 3 is 1.55 bits per heavy atom. The predicted molar refractivity (Wildman–Crippen MR) is 92.4 cm³/mol. The van der Waals surface area contributed by atoms with Gasteiger partial charge in [0.05, 0.1) is 0 Å². The van der Waals surface area contributed by atoms with Gasteiger partial charge in [-0.05, 0) is 59.4 Å². The smallest absolute Gasteiger partial charge is 0.190 e. The summed E-state index contributed by atoms with van der Waals surface area (Å²) in [6.07, 6.45) is 1.95. The van der Waals surface area contributed by atoms with Gasteiger partial charge in [0.1, 0.15) is 0 Å². The molecule has 112 valence electrons. The van der Waals surface area contributed by atoms with Crippen LogP contribution in [0.5, 0.6) is 0 Å². The fraction of sp³-hybridized carbons (Fsp3) is 0.222. The Balaban J connectivity index is 1.96. The minimum atomic E-state index is 0.113. The average molecular weight is 328 g/mol. The molecular weight excluding hydrogens is 312 g/mol. The van der Waals surface area contributed by atoms with Crippen molar-refractivity contribution in [3.63, 3.8) is 0 Å². The summed E-state index contributed by atoms with van der Waals surface area (Å²) in [4.78, 5) is 24.5. The van der Waals surface area contributed by atoms with Crippen molar-refractivity contribution in [1.82, 2.24) is 0 Å². The van der Waals surface area contributed by atoms with E-state index in [4.69, 9.17) is 0 Å². The topological polar surface area (TPSA) is 34.1 Å². The van der Waals surface area contributed by atoms with Crippen molar-refractivity contribution >= 4 is 33.8 Å². The number of fused-ring (bicyclic) bond motifs is 3. The average Bonchev–Trinajstić information content (AvgIpc) is 2.45. The Kier molecular flexibility index (Phi) is 4.41. The highest BCUT2D eigenvalue weighted by molar-refractivity contribution is 8.13. The minimum absolute atomic E-state index is 0.113. The third kappa shape index (κ3) is 3.28. The lowest BCUT2D eigenvalue weighted by Gasteiger charge is -2.21. The molecule has 0 heterocycles. The van der Waals surface area contributed by atoms with Gasteiger partial charge in [-0.1, -0.05) is 35.7 Å². The van der Waals surface area contributed by atoms with E-state index in [9.17, 15) is 9.59 Å². The maximum Gasteiger partial charge on any atom is 0.190 e. The molecule has 0 fully saturated rings. The molecule has 0 saturated carbocycles. The summed E-state index contributed by atoms with van der Waals surface area (Å²) in [6.45, 7) is 3.18. The molecule has 0 aromatic heterocycles. The fourth-order valence-corrected chi connectivity index (χ4v) is 4.15. The molecule has 22 heavy (non-hydrogen) atoms. The number of hydrogen-bond donors (Lipinski definition) is 0. The first-order valence-electron chi connectivity index (χ1n) is 7.16. The molecule has 1 aliphatic rings. The van der Waals surface area contributed by atoms with Crippen LogP contribution >= 0.6 is 23.5 Å². The molecule has 0 radical (unpaired) electrons. The van der Waals surface area contributed by atoms with Gasteiger partial charge in [0.2, 0.25) is 0 Å². The lowest BCUT2D eigenvalue weighted by Crippen LogP contribution is -2.04. The van der Waals surface area contributed by atoms with Crippen LogP contribution in [0.25, 0.3) is 11.1 Å². The monoisotopic (exact) mass is 328 g/mol. The molecule has 1 aliphatic carbocycles. The van der Waals surface area contributed by atoms with Crippen LogP contribution in [0.4, 0.5) is 0 Å².